The third-order valence-corrected chi connectivity index (χ3v) is 2.63. The van der Waals surface area contributed by atoms with E-state index >= 15 is 0 Å². The molecule has 0 aromatic heterocycles. The molecule has 1 amide bonds. The predicted octanol–water partition coefficient (Wildman–Crippen LogP) is 0.966. The highest BCUT2D eigenvalue weighted by atomic mass is 16.5. The molecule has 1 aromatic rings. The molecule has 0 spiro atoms. The summed E-state index contributed by atoms with van der Waals surface area (Å²) in [5.74, 6) is -0.489. The van der Waals surface area contributed by atoms with Crippen molar-refractivity contribution in [3.63, 3.8) is 0 Å². The number of nitrogens with zero attached hydrogens (tertiary/aromatic N) is 1. The van der Waals surface area contributed by atoms with Crippen LogP contribution in [-0.2, 0) is 4.79 Å². The molecule has 1 aliphatic carbocycles. The van der Waals surface area contributed by atoms with Crippen LogP contribution in [0, 0.1) is 5.92 Å². The highest BCUT2D eigenvalue weighted by Crippen LogP contribution is 2.35. The number of amides is 1. The molecular formula is C12H14N2O4. The molecule has 1 aromatic carbocycles. The van der Waals surface area contributed by atoms with Crippen molar-refractivity contribution in [2.24, 2.45) is 11.0 Å². The average molecular weight is 250 g/mol. The van der Waals surface area contributed by atoms with Gasteiger partial charge in [0.05, 0.1) is 13.3 Å². The van der Waals surface area contributed by atoms with Crippen LogP contribution < -0.4 is 10.2 Å². The van der Waals surface area contributed by atoms with Crippen LogP contribution in [0.4, 0.5) is 0 Å². The third kappa shape index (κ3) is 2.71. The zero-order chi connectivity index (χ0) is 13.1. The van der Waals surface area contributed by atoms with Crippen LogP contribution >= 0.6 is 0 Å². The number of carbonyl (C=O) groups excluding carboxylic acids is 1. The van der Waals surface area contributed by atoms with E-state index < -0.39 is 0 Å². The SMILES string of the molecule is COc1cc(/C=N/NC(=O)C2CC2)cc(O)c1O. The van der Waals surface area contributed by atoms with E-state index in [9.17, 15) is 15.0 Å². The van der Waals surface area contributed by atoms with Gasteiger partial charge in [-0.3, -0.25) is 4.79 Å². The molecule has 0 bridgehead atoms. The number of phenols is 2. The van der Waals surface area contributed by atoms with Gasteiger partial charge in [0.2, 0.25) is 11.7 Å². The summed E-state index contributed by atoms with van der Waals surface area (Å²) in [7, 11) is 1.38. The Morgan fingerprint density at radius 2 is 2.22 bits per heavy atom. The van der Waals surface area contributed by atoms with Gasteiger partial charge in [-0.15, -0.1) is 0 Å². The number of nitrogens with one attached hydrogen (secondary N) is 1. The summed E-state index contributed by atoms with van der Waals surface area (Å²) >= 11 is 0. The van der Waals surface area contributed by atoms with Crippen molar-refractivity contribution in [2.45, 2.75) is 12.8 Å². The monoisotopic (exact) mass is 250 g/mol. The Morgan fingerprint density at radius 3 is 2.83 bits per heavy atom. The lowest BCUT2D eigenvalue weighted by Crippen LogP contribution is -2.18. The molecule has 2 rings (SSSR count). The molecule has 1 aliphatic rings. The predicted molar refractivity (Wildman–Crippen MR) is 64.8 cm³/mol. The Morgan fingerprint density at radius 1 is 1.50 bits per heavy atom. The van der Waals surface area contributed by atoms with Gasteiger partial charge in [-0.1, -0.05) is 0 Å². The fourth-order valence-corrected chi connectivity index (χ4v) is 1.45. The summed E-state index contributed by atoms with van der Waals surface area (Å²) in [4.78, 5) is 11.3. The van der Waals surface area contributed by atoms with E-state index in [0.717, 1.165) is 12.8 Å². The number of hydrogen-bond donors (Lipinski definition) is 3. The summed E-state index contributed by atoms with van der Waals surface area (Å²) < 4.78 is 4.88. The molecular weight excluding hydrogens is 236 g/mol. The molecule has 1 fully saturated rings. The molecule has 6 nitrogen and oxygen atoms in total. The molecule has 0 radical (unpaired) electrons. The smallest absolute Gasteiger partial charge is 0.243 e. The van der Waals surface area contributed by atoms with Gasteiger partial charge in [0.15, 0.2) is 11.5 Å². The fraction of sp³-hybridized carbons (Fsp3) is 0.333. The van der Waals surface area contributed by atoms with E-state index in [4.69, 9.17) is 4.74 Å². The maximum atomic E-state index is 11.3. The van der Waals surface area contributed by atoms with Gasteiger partial charge in [0.25, 0.3) is 0 Å². The largest absolute Gasteiger partial charge is 0.504 e. The fourth-order valence-electron chi connectivity index (χ4n) is 1.45. The molecule has 0 atom stereocenters. The highest BCUT2D eigenvalue weighted by Gasteiger charge is 2.29. The summed E-state index contributed by atoms with van der Waals surface area (Å²) in [6, 6.07) is 2.83. The van der Waals surface area contributed by atoms with Gasteiger partial charge in [-0.05, 0) is 25.0 Å². The molecule has 0 unspecified atom stereocenters. The number of methoxy groups -OCH3 is 1. The van der Waals surface area contributed by atoms with Crippen LogP contribution in [0.1, 0.15) is 18.4 Å². The summed E-state index contributed by atoms with van der Waals surface area (Å²) in [5.41, 5.74) is 2.92. The van der Waals surface area contributed by atoms with Gasteiger partial charge in [-0.2, -0.15) is 5.10 Å². The first-order chi connectivity index (χ1) is 8.61. The Labute approximate surface area is 104 Å². The minimum absolute atomic E-state index is 0.0879. The van der Waals surface area contributed by atoms with Crippen LogP contribution in [0.25, 0.3) is 0 Å². The maximum Gasteiger partial charge on any atom is 0.243 e. The van der Waals surface area contributed by atoms with Gasteiger partial charge in [0.1, 0.15) is 0 Å². The van der Waals surface area contributed by atoms with Crippen molar-refractivity contribution in [1.82, 2.24) is 5.43 Å². The number of phenolic OH excluding ortho intramolecular Hbond substituents is 2. The second kappa shape index (κ2) is 4.95. The molecule has 0 aliphatic heterocycles. The number of aromatic hydroxyl groups is 2. The van der Waals surface area contributed by atoms with E-state index in [2.05, 4.69) is 10.5 Å². The van der Waals surface area contributed by atoms with Crippen molar-refractivity contribution < 1.29 is 19.7 Å². The number of benzene rings is 1. The quantitative estimate of drug-likeness (QED) is 0.422. The third-order valence-electron chi connectivity index (χ3n) is 2.63. The van der Waals surface area contributed by atoms with Crippen LogP contribution in [0.3, 0.4) is 0 Å². The first kappa shape index (κ1) is 12.2. The Kier molecular flexibility index (Phi) is 3.36. The second-order valence-electron chi connectivity index (χ2n) is 4.10. The average Bonchev–Trinajstić information content (AvgIpc) is 3.17. The summed E-state index contributed by atoms with van der Waals surface area (Å²) in [6.45, 7) is 0. The number of rotatable bonds is 4. The van der Waals surface area contributed by atoms with E-state index in [0.29, 0.717) is 5.56 Å². The van der Waals surface area contributed by atoms with Crippen LogP contribution in [-0.4, -0.2) is 29.4 Å². The van der Waals surface area contributed by atoms with Crippen molar-refractivity contribution in [1.29, 1.82) is 0 Å². The molecule has 1 saturated carbocycles. The van der Waals surface area contributed by atoms with Gasteiger partial charge >= 0.3 is 0 Å². The first-order valence-corrected chi connectivity index (χ1v) is 5.54. The molecule has 3 N–H and O–H groups in total. The zero-order valence-electron chi connectivity index (χ0n) is 9.88. The number of carbonyl (C=O) groups is 1. The van der Waals surface area contributed by atoms with Crippen LogP contribution in [0.2, 0.25) is 0 Å². The van der Waals surface area contributed by atoms with Crippen LogP contribution in [0.5, 0.6) is 17.2 Å². The van der Waals surface area contributed by atoms with E-state index in [1.54, 1.807) is 0 Å². The highest BCUT2D eigenvalue weighted by molar-refractivity contribution is 5.85. The van der Waals surface area contributed by atoms with Crippen molar-refractivity contribution in [2.75, 3.05) is 7.11 Å². The Balaban J connectivity index is 2.06. The molecule has 18 heavy (non-hydrogen) atoms. The Hall–Kier alpha value is -2.24. The summed E-state index contributed by atoms with van der Waals surface area (Å²) in [5, 5.41) is 22.6. The minimum atomic E-state index is -0.323. The van der Waals surface area contributed by atoms with Crippen molar-refractivity contribution in [3.8, 4) is 17.2 Å². The number of hydrogen-bond acceptors (Lipinski definition) is 5. The second-order valence-corrected chi connectivity index (χ2v) is 4.10. The van der Waals surface area contributed by atoms with Crippen molar-refractivity contribution >= 4 is 12.1 Å². The molecule has 0 heterocycles. The van der Waals surface area contributed by atoms with E-state index in [1.165, 1.54) is 25.5 Å². The standard InChI is InChI=1S/C12H14N2O4/c1-18-10-5-7(4-9(15)11(10)16)6-13-14-12(17)8-2-3-8/h4-6,8,15-16H,2-3H2,1H3,(H,14,17)/b13-6+. The lowest BCUT2D eigenvalue weighted by atomic mass is 10.2. The minimum Gasteiger partial charge on any atom is -0.504 e. The topological polar surface area (TPSA) is 91.2 Å². The molecule has 96 valence electrons. The lowest BCUT2D eigenvalue weighted by Gasteiger charge is -2.06. The zero-order valence-corrected chi connectivity index (χ0v) is 9.88. The number of ether oxygens (including phenoxy) is 1. The molecule has 0 saturated heterocycles. The van der Waals surface area contributed by atoms with Gasteiger partial charge in [0, 0.05) is 11.5 Å². The van der Waals surface area contributed by atoms with E-state index in [1.807, 2.05) is 0 Å². The normalized spacial score (nSPS) is 14.7. The van der Waals surface area contributed by atoms with Crippen molar-refractivity contribution in [3.05, 3.63) is 17.7 Å². The van der Waals surface area contributed by atoms with Gasteiger partial charge in [-0.25, -0.2) is 5.43 Å². The maximum absolute atomic E-state index is 11.3. The first-order valence-electron chi connectivity index (χ1n) is 5.54. The lowest BCUT2D eigenvalue weighted by molar-refractivity contribution is -0.122. The van der Waals surface area contributed by atoms with Crippen LogP contribution in [0.15, 0.2) is 17.2 Å². The Bertz CT molecular complexity index is 495. The van der Waals surface area contributed by atoms with Gasteiger partial charge < -0.3 is 14.9 Å². The summed E-state index contributed by atoms with van der Waals surface area (Å²) in [6.07, 6.45) is 3.20. The molecule has 6 heteroatoms. The number of hydrazone groups is 1. The van der Waals surface area contributed by atoms with E-state index in [-0.39, 0.29) is 29.1 Å².